The van der Waals surface area contributed by atoms with Gasteiger partial charge in [0.2, 0.25) is 5.91 Å². The van der Waals surface area contributed by atoms with Crippen LogP contribution in [0.1, 0.15) is 10.4 Å². The fraction of sp³-hybridized carbons (Fsp3) is 0.190. The lowest BCUT2D eigenvalue weighted by atomic mass is 10.1. The van der Waals surface area contributed by atoms with Crippen LogP contribution in [0.2, 0.25) is 0 Å². The topological polar surface area (TPSA) is 50.4 Å². The highest BCUT2D eigenvalue weighted by Gasteiger charge is 2.05. The van der Waals surface area contributed by atoms with Crippen LogP contribution in [-0.4, -0.2) is 19.6 Å². The van der Waals surface area contributed by atoms with Gasteiger partial charge >= 0.3 is 0 Å². The van der Waals surface area contributed by atoms with Gasteiger partial charge in [0.15, 0.2) is 0 Å². The maximum absolute atomic E-state index is 12.0. The summed E-state index contributed by atoms with van der Waals surface area (Å²) in [7, 11) is 1.68. The second-order valence-electron chi connectivity index (χ2n) is 5.91. The van der Waals surface area contributed by atoms with Gasteiger partial charge in [0.05, 0.1) is 13.5 Å². The largest absolute Gasteiger partial charge is 0.497 e. The third-order valence-corrected chi connectivity index (χ3v) is 4.84. The van der Waals surface area contributed by atoms with Crippen molar-refractivity contribution in [1.82, 2.24) is 0 Å². The average Bonchev–Trinajstić information content (AvgIpc) is 3.16. The fourth-order valence-corrected chi connectivity index (χ4v) is 3.33. The summed E-state index contributed by atoms with van der Waals surface area (Å²) in [6.07, 6.45) is 1.33. The van der Waals surface area contributed by atoms with E-state index in [9.17, 15) is 4.79 Å². The van der Waals surface area contributed by atoms with Crippen molar-refractivity contribution in [2.75, 3.05) is 24.3 Å². The smallest absolute Gasteiger partial charge is 0.229 e. The molecule has 0 atom stereocenters. The summed E-state index contributed by atoms with van der Waals surface area (Å²) in [5.41, 5.74) is 3.07. The molecule has 4 nitrogen and oxygen atoms in total. The van der Waals surface area contributed by atoms with E-state index in [-0.39, 0.29) is 5.91 Å². The minimum Gasteiger partial charge on any atom is -0.497 e. The first-order chi connectivity index (χ1) is 12.7. The zero-order chi connectivity index (χ0) is 18.2. The molecule has 0 saturated heterocycles. The average molecular weight is 366 g/mol. The molecule has 0 aliphatic rings. The summed E-state index contributed by atoms with van der Waals surface area (Å²) in [6.45, 7) is 0.831. The van der Waals surface area contributed by atoms with Crippen LogP contribution in [0.4, 0.5) is 11.4 Å². The number of hydrogen-bond acceptors (Lipinski definition) is 4. The number of anilines is 2. The first-order valence-electron chi connectivity index (χ1n) is 8.52. The van der Waals surface area contributed by atoms with Crippen molar-refractivity contribution in [3.05, 3.63) is 76.5 Å². The molecule has 0 unspecified atom stereocenters. The van der Waals surface area contributed by atoms with Crippen LogP contribution in [0.5, 0.6) is 5.75 Å². The van der Waals surface area contributed by atoms with Crippen LogP contribution < -0.4 is 15.4 Å². The van der Waals surface area contributed by atoms with Gasteiger partial charge in [-0.1, -0.05) is 18.2 Å². The molecule has 1 amide bonds. The second kappa shape index (κ2) is 9.06. The van der Waals surface area contributed by atoms with Gasteiger partial charge in [-0.2, -0.15) is 0 Å². The maximum Gasteiger partial charge on any atom is 0.229 e. The molecular formula is C21H22N2O2S. The lowest BCUT2D eigenvalue weighted by Crippen LogP contribution is -2.13. The van der Waals surface area contributed by atoms with Crippen LogP contribution in [0, 0.1) is 0 Å². The monoisotopic (exact) mass is 366 g/mol. The van der Waals surface area contributed by atoms with Crippen LogP contribution in [0.3, 0.4) is 0 Å². The summed E-state index contributed by atoms with van der Waals surface area (Å²) >= 11 is 1.60. The van der Waals surface area contributed by atoms with E-state index in [1.807, 2.05) is 60.0 Å². The molecule has 0 fully saturated rings. The van der Waals surface area contributed by atoms with Gasteiger partial charge in [0.1, 0.15) is 5.75 Å². The maximum atomic E-state index is 12.0. The summed E-state index contributed by atoms with van der Waals surface area (Å²) in [4.78, 5) is 13.1. The number of rotatable bonds is 8. The molecule has 3 rings (SSSR count). The number of thiophene rings is 1. The highest BCUT2D eigenvalue weighted by atomic mass is 32.1. The predicted molar refractivity (Wildman–Crippen MR) is 108 cm³/mol. The number of carbonyl (C=O) groups is 1. The molecule has 26 heavy (non-hydrogen) atoms. The van der Waals surface area contributed by atoms with Crippen molar-refractivity contribution < 1.29 is 9.53 Å². The predicted octanol–water partition coefficient (Wildman–Crippen LogP) is 4.59. The Morgan fingerprint density at radius 2 is 1.85 bits per heavy atom. The molecular weight excluding hydrogens is 344 g/mol. The molecule has 5 heteroatoms. The van der Waals surface area contributed by atoms with E-state index in [1.54, 1.807) is 18.4 Å². The van der Waals surface area contributed by atoms with Crippen molar-refractivity contribution >= 4 is 28.6 Å². The Bertz CT molecular complexity index is 829. The Morgan fingerprint density at radius 1 is 1.04 bits per heavy atom. The van der Waals surface area contributed by atoms with Crippen molar-refractivity contribution in [3.63, 3.8) is 0 Å². The van der Waals surface area contributed by atoms with Crippen LogP contribution in [-0.2, 0) is 17.6 Å². The third kappa shape index (κ3) is 5.36. The molecule has 3 aromatic rings. The summed E-state index contributed by atoms with van der Waals surface area (Å²) in [5, 5.41) is 8.30. The molecule has 0 aliphatic heterocycles. The molecule has 1 aromatic heterocycles. The lowest BCUT2D eigenvalue weighted by Gasteiger charge is -2.09. The molecule has 134 valence electrons. The van der Waals surface area contributed by atoms with E-state index >= 15 is 0 Å². The van der Waals surface area contributed by atoms with Crippen LogP contribution in [0.25, 0.3) is 0 Å². The molecule has 0 spiro atoms. The van der Waals surface area contributed by atoms with Gasteiger partial charge < -0.3 is 15.4 Å². The van der Waals surface area contributed by atoms with Gasteiger partial charge in [-0.3, -0.25) is 4.79 Å². The molecule has 2 N–H and O–H groups in total. The van der Waals surface area contributed by atoms with Crippen molar-refractivity contribution in [3.8, 4) is 5.75 Å². The van der Waals surface area contributed by atoms with Crippen molar-refractivity contribution in [2.24, 2.45) is 0 Å². The Morgan fingerprint density at radius 3 is 2.58 bits per heavy atom. The SMILES string of the molecule is COc1cccc(CCNc2ccc(NC(=O)Cc3cccs3)cc2)c1. The molecule has 1 heterocycles. The molecule has 0 aliphatic carbocycles. The summed E-state index contributed by atoms with van der Waals surface area (Å²) in [6, 6.07) is 19.8. The van der Waals surface area contributed by atoms with Gasteiger partial charge in [0, 0.05) is 22.8 Å². The summed E-state index contributed by atoms with van der Waals surface area (Å²) < 4.78 is 5.24. The molecule has 0 saturated carbocycles. The highest BCUT2D eigenvalue weighted by Crippen LogP contribution is 2.16. The Labute approximate surface area is 157 Å². The van der Waals surface area contributed by atoms with Crippen molar-refractivity contribution in [2.45, 2.75) is 12.8 Å². The van der Waals surface area contributed by atoms with E-state index in [0.29, 0.717) is 6.42 Å². The molecule has 2 aromatic carbocycles. The Kier molecular flexibility index (Phi) is 6.28. The standard InChI is InChI=1S/C21H22N2O2S/c1-25-19-5-2-4-16(14-19)11-12-22-17-7-9-18(10-8-17)23-21(24)15-20-6-3-13-26-20/h2-10,13-14,22H,11-12,15H2,1H3,(H,23,24). The Hall–Kier alpha value is -2.79. The second-order valence-corrected chi connectivity index (χ2v) is 6.94. The lowest BCUT2D eigenvalue weighted by molar-refractivity contribution is -0.115. The molecule has 0 radical (unpaired) electrons. The van der Waals surface area contributed by atoms with Gasteiger partial charge in [-0.05, 0) is 59.8 Å². The summed E-state index contributed by atoms with van der Waals surface area (Å²) in [5.74, 6) is 0.885. The van der Waals surface area contributed by atoms with E-state index in [1.165, 1.54) is 5.56 Å². The minimum atomic E-state index is 0.00573. The highest BCUT2D eigenvalue weighted by molar-refractivity contribution is 7.10. The number of benzene rings is 2. The zero-order valence-electron chi connectivity index (χ0n) is 14.7. The van der Waals surface area contributed by atoms with E-state index < -0.39 is 0 Å². The molecule has 0 bridgehead atoms. The van der Waals surface area contributed by atoms with Crippen LogP contribution in [0.15, 0.2) is 66.0 Å². The minimum absolute atomic E-state index is 0.00573. The first-order valence-corrected chi connectivity index (χ1v) is 9.40. The quantitative estimate of drug-likeness (QED) is 0.613. The number of nitrogens with one attached hydrogen (secondary N) is 2. The zero-order valence-corrected chi connectivity index (χ0v) is 15.5. The number of ether oxygens (including phenoxy) is 1. The fourth-order valence-electron chi connectivity index (χ4n) is 2.63. The van der Waals surface area contributed by atoms with Gasteiger partial charge in [0.25, 0.3) is 0 Å². The number of hydrogen-bond donors (Lipinski definition) is 2. The number of carbonyl (C=O) groups excluding carboxylic acids is 1. The first kappa shape index (κ1) is 18.0. The van der Waals surface area contributed by atoms with E-state index in [4.69, 9.17) is 4.74 Å². The van der Waals surface area contributed by atoms with Gasteiger partial charge in [-0.15, -0.1) is 11.3 Å². The van der Waals surface area contributed by atoms with E-state index in [2.05, 4.69) is 16.7 Å². The number of amides is 1. The van der Waals surface area contributed by atoms with Gasteiger partial charge in [-0.25, -0.2) is 0 Å². The van der Waals surface area contributed by atoms with Crippen molar-refractivity contribution in [1.29, 1.82) is 0 Å². The normalized spacial score (nSPS) is 10.3. The Balaban J connectivity index is 1.45. The van der Waals surface area contributed by atoms with Crippen LogP contribution >= 0.6 is 11.3 Å². The number of methoxy groups -OCH3 is 1. The third-order valence-electron chi connectivity index (χ3n) is 3.96. The van der Waals surface area contributed by atoms with E-state index in [0.717, 1.165) is 35.0 Å².